The quantitative estimate of drug-likeness (QED) is 0.567. The Balaban J connectivity index is 3.83. The van der Waals surface area contributed by atoms with E-state index in [2.05, 4.69) is 0 Å². The van der Waals surface area contributed by atoms with E-state index in [4.69, 9.17) is 10.8 Å². The normalized spacial score (nSPS) is 13.8. The van der Waals surface area contributed by atoms with E-state index in [1.165, 1.54) is 0 Å². The van der Waals surface area contributed by atoms with Crippen LogP contribution in [0.15, 0.2) is 12.2 Å². The Morgan fingerprint density at radius 3 is 2.70 bits per heavy atom. The summed E-state index contributed by atoms with van der Waals surface area (Å²) in [5, 5.41) is 8.47. The van der Waals surface area contributed by atoms with Gasteiger partial charge in [-0.1, -0.05) is 19.1 Å². The lowest BCUT2D eigenvalue weighted by atomic mass is 10.1. The largest absolute Gasteiger partial charge is 0.481 e. The molecule has 0 aromatic heterocycles. The Labute approximate surface area is 60.5 Å². The molecule has 0 saturated carbocycles. The fourth-order valence-corrected chi connectivity index (χ4v) is 0.562. The molecular weight excluding hydrogens is 130 g/mol. The number of allylic oxidation sites excluding steroid dienone is 1. The van der Waals surface area contributed by atoms with Gasteiger partial charge in [-0.15, -0.1) is 0 Å². The van der Waals surface area contributed by atoms with Crippen LogP contribution in [0.2, 0.25) is 0 Å². The van der Waals surface area contributed by atoms with Crippen molar-refractivity contribution in [3.63, 3.8) is 0 Å². The van der Waals surface area contributed by atoms with E-state index >= 15 is 0 Å². The summed E-state index contributed by atoms with van der Waals surface area (Å²) in [6, 6.07) is 0. The van der Waals surface area contributed by atoms with Crippen LogP contribution in [-0.4, -0.2) is 17.6 Å². The van der Waals surface area contributed by atoms with Crippen molar-refractivity contribution < 1.29 is 9.90 Å². The second-order valence-corrected chi connectivity index (χ2v) is 2.02. The van der Waals surface area contributed by atoms with E-state index in [9.17, 15) is 4.79 Å². The SMILES string of the molecule is CC/C=C/C(CN)C(=O)O. The molecule has 0 aromatic rings. The zero-order valence-electron chi connectivity index (χ0n) is 6.08. The first kappa shape index (κ1) is 9.17. The van der Waals surface area contributed by atoms with Crippen molar-refractivity contribution >= 4 is 5.97 Å². The molecule has 58 valence electrons. The average Bonchev–Trinajstić information content (AvgIpc) is 1.89. The van der Waals surface area contributed by atoms with Crippen LogP contribution in [-0.2, 0) is 4.79 Å². The summed E-state index contributed by atoms with van der Waals surface area (Å²) in [5.74, 6) is -1.37. The van der Waals surface area contributed by atoms with Crippen LogP contribution in [0.25, 0.3) is 0 Å². The minimum absolute atomic E-state index is 0.172. The monoisotopic (exact) mass is 143 g/mol. The molecule has 1 atom stereocenters. The summed E-state index contributed by atoms with van der Waals surface area (Å²) in [7, 11) is 0. The van der Waals surface area contributed by atoms with Gasteiger partial charge in [0.25, 0.3) is 0 Å². The van der Waals surface area contributed by atoms with Gasteiger partial charge in [-0.25, -0.2) is 0 Å². The van der Waals surface area contributed by atoms with Crippen LogP contribution in [0.1, 0.15) is 13.3 Å². The Bertz CT molecular complexity index is 132. The van der Waals surface area contributed by atoms with Crippen LogP contribution in [0.4, 0.5) is 0 Å². The molecule has 0 aromatic carbocycles. The van der Waals surface area contributed by atoms with Crippen LogP contribution < -0.4 is 5.73 Å². The molecule has 0 spiro atoms. The molecule has 0 bridgehead atoms. The molecule has 3 heteroatoms. The maximum atomic E-state index is 10.3. The molecule has 3 nitrogen and oxygen atoms in total. The lowest BCUT2D eigenvalue weighted by Gasteiger charge is -2.00. The van der Waals surface area contributed by atoms with Crippen LogP contribution in [0.3, 0.4) is 0 Å². The van der Waals surface area contributed by atoms with Gasteiger partial charge in [-0.3, -0.25) is 4.79 Å². The van der Waals surface area contributed by atoms with E-state index in [1.807, 2.05) is 13.0 Å². The first-order valence-electron chi connectivity index (χ1n) is 3.31. The molecular formula is C7H13NO2. The fourth-order valence-electron chi connectivity index (χ4n) is 0.562. The smallest absolute Gasteiger partial charge is 0.311 e. The van der Waals surface area contributed by atoms with Gasteiger partial charge in [0, 0.05) is 6.54 Å². The number of aliphatic carboxylic acids is 1. The average molecular weight is 143 g/mol. The summed E-state index contributed by atoms with van der Waals surface area (Å²) in [5.41, 5.74) is 5.18. The minimum Gasteiger partial charge on any atom is -0.481 e. The summed E-state index contributed by atoms with van der Waals surface area (Å²) in [4.78, 5) is 10.3. The molecule has 0 aliphatic heterocycles. The molecule has 0 radical (unpaired) electrons. The standard InChI is InChI=1S/C7H13NO2/c1-2-3-4-6(5-8)7(9)10/h3-4,6H,2,5,8H2,1H3,(H,9,10)/b4-3+. The van der Waals surface area contributed by atoms with Crippen LogP contribution in [0.5, 0.6) is 0 Å². The third kappa shape index (κ3) is 3.25. The van der Waals surface area contributed by atoms with Crippen molar-refractivity contribution in [3.05, 3.63) is 12.2 Å². The van der Waals surface area contributed by atoms with Gasteiger partial charge in [0.1, 0.15) is 0 Å². The van der Waals surface area contributed by atoms with Crippen molar-refractivity contribution in [1.29, 1.82) is 0 Å². The highest BCUT2D eigenvalue weighted by molar-refractivity contribution is 5.72. The number of carboxylic acid groups (broad SMARTS) is 1. The molecule has 0 aliphatic rings. The van der Waals surface area contributed by atoms with Gasteiger partial charge in [-0.05, 0) is 6.42 Å². The molecule has 0 rings (SSSR count). The first-order valence-corrected chi connectivity index (χ1v) is 3.31. The zero-order chi connectivity index (χ0) is 7.98. The number of carbonyl (C=O) groups is 1. The molecule has 3 N–H and O–H groups in total. The Kier molecular flexibility index (Phi) is 4.58. The van der Waals surface area contributed by atoms with Gasteiger partial charge in [0.2, 0.25) is 0 Å². The highest BCUT2D eigenvalue weighted by Crippen LogP contribution is 1.96. The van der Waals surface area contributed by atoms with Crippen LogP contribution >= 0.6 is 0 Å². The Morgan fingerprint density at radius 2 is 2.40 bits per heavy atom. The number of hydrogen-bond donors (Lipinski definition) is 2. The van der Waals surface area contributed by atoms with Gasteiger partial charge in [-0.2, -0.15) is 0 Å². The van der Waals surface area contributed by atoms with E-state index < -0.39 is 11.9 Å². The van der Waals surface area contributed by atoms with E-state index in [0.29, 0.717) is 0 Å². The van der Waals surface area contributed by atoms with Gasteiger partial charge in [0.15, 0.2) is 0 Å². The molecule has 0 amide bonds. The van der Waals surface area contributed by atoms with Crippen molar-refractivity contribution in [2.24, 2.45) is 11.7 Å². The zero-order valence-corrected chi connectivity index (χ0v) is 6.08. The van der Waals surface area contributed by atoms with Crippen molar-refractivity contribution in [1.82, 2.24) is 0 Å². The summed E-state index contributed by atoms with van der Waals surface area (Å²) >= 11 is 0. The molecule has 0 fully saturated rings. The Hall–Kier alpha value is -0.830. The maximum Gasteiger partial charge on any atom is 0.311 e. The molecule has 0 aliphatic carbocycles. The van der Waals surface area contributed by atoms with Gasteiger partial charge < -0.3 is 10.8 Å². The molecule has 10 heavy (non-hydrogen) atoms. The highest BCUT2D eigenvalue weighted by atomic mass is 16.4. The summed E-state index contributed by atoms with van der Waals surface area (Å²) < 4.78 is 0. The van der Waals surface area contributed by atoms with Gasteiger partial charge >= 0.3 is 5.97 Å². The van der Waals surface area contributed by atoms with Gasteiger partial charge in [0.05, 0.1) is 5.92 Å². The van der Waals surface area contributed by atoms with Crippen molar-refractivity contribution in [2.45, 2.75) is 13.3 Å². The topological polar surface area (TPSA) is 63.3 Å². The molecule has 0 heterocycles. The molecule has 1 unspecified atom stereocenters. The number of hydrogen-bond acceptors (Lipinski definition) is 2. The predicted molar refractivity (Wildman–Crippen MR) is 39.6 cm³/mol. The van der Waals surface area contributed by atoms with Crippen molar-refractivity contribution in [3.8, 4) is 0 Å². The summed E-state index contributed by atoms with van der Waals surface area (Å²) in [6.07, 6.45) is 4.29. The summed E-state index contributed by atoms with van der Waals surface area (Å²) in [6.45, 7) is 2.12. The fraction of sp³-hybridized carbons (Fsp3) is 0.571. The van der Waals surface area contributed by atoms with E-state index in [0.717, 1.165) is 6.42 Å². The second kappa shape index (κ2) is 4.99. The highest BCUT2D eigenvalue weighted by Gasteiger charge is 2.09. The van der Waals surface area contributed by atoms with Crippen LogP contribution in [0, 0.1) is 5.92 Å². The second-order valence-electron chi connectivity index (χ2n) is 2.02. The number of carboxylic acids is 1. The number of rotatable bonds is 4. The maximum absolute atomic E-state index is 10.3. The first-order chi connectivity index (χ1) is 4.72. The predicted octanol–water partition coefficient (Wildman–Crippen LogP) is 0.612. The van der Waals surface area contributed by atoms with Crippen molar-refractivity contribution in [2.75, 3.05) is 6.54 Å². The molecule has 0 saturated heterocycles. The number of nitrogens with two attached hydrogens (primary N) is 1. The minimum atomic E-state index is -0.854. The third-order valence-electron chi connectivity index (χ3n) is 1.18. The lowest BCUT2D eigenvalue weighted by Crippen LogP contribution is -2.20. The lowest BCUT2D eigenvalue weighted by molar-refractivity contribution is -0.139. The van der Waals surface area contributed by atoms with E-state index in [1.54, 1.807) is 6.08 Å². The third-order valence-corrected chi connectivity index (χ3v) is 1.18. The van der Waals surface area contributed by atoms with E-state index in [-0.39, 0.29) is 6.54 Å². The Morgan fingerprint density at radius 1 is 1.80 bits per heavy atom.